The Morgan fingerprint density at radius 2 is 1.84 bits per heavy atom. The van der Waals surface area contributed by atoms with E-state index < -0.39 is 12.0 Å². The number of carbonyl (C=O) groups excluding carboxylic acids is 1. The number of amides is 1. The molecule has 1 unspecified atom stereocenters. The Balaban J connectivity index is 4.18. The minimum atomic E-state index is -0.961. The lowest BCUT2D eigenvalue weighted by Gasteiger charge is -2.20. The Kier molecular flexibility index (Phi) is 9.21. The molecule has 5 nitrogen and oxygen atoms in total. The Morgan fingerprint density at radius 1 is 1.21 bits per heavy atom. The molecule has 0 bridgehead atoms. The third kappa shape index (κ3) is 7.82. The molecule has 1 amide bonds. The van der Waals surface area contributed by atoms with E-state index in [4.69, 9.17) is 10.8 Å². The van der Waals surface area contributed by atoms with Crippen LogP contribution in [0.25, 0.3) is 0 Å². The van der Waals surface area contributed by atoms with Crippen LogP contribution in [0.1, 0.15) is 52.9 Å². The van der Waals surface area contributed by atoms with E-state index in [1.165, 1.54) is 0 Å². The molecular weight excluding hydrogens is 244 g/mol. The van der Waals surface area contributed by atoms with Crippen LogP contribution in [0.4, 0.5) is 0 Å². The SMILES string of the molecule is CCC[C@@H](NC(=O)CCC(CCN)C(C)C)C(=O)O. The van der Waals surface area contributed by atoms with Crippen LogP contribution in [0.3, 0.4) is 0 Å². The number of nitrogens with one attached hydrogen (secondary N) is 1. The highest BCUT2D eigenvalue weighted by Crippen LogP contribution is 2.20. The molecule has 0 fully saturated rings. The highest BCUT2D eigenvalue weighted by atomic mass is 16.4. The predicted molar refractivity (Wildman–Crippen MR) is 75.7 cm³/mol. The fourth-order valence-corrected chi connectivity index (χ4v) is 2.15. The molecule has 5 heteroatoms. The molecule has 4 N–H and O–H groups in total. The zero-order chi connectivity index (χ0) is 14.8. The number of rotatable bonds is 10. The smallest absolute Gasteiger partial charge is 0.326 e. The maximum atomic E-state index is 11.8. The number of aliphatic carboxylic acids is 1. The summed E-state index contributed by atoms with van der Waals surface area (Å²) in [5, 5.41) is 11.6. The zero-order valence-electron chi connectivity index (χ0n) is 12.3. The van der Waals surface area contributed by atoms with Gasteiger partial charge in [-0.1, -0.05) is 27.2 Å². The van der Waals surface area contributed by atoms with Crippen molar-refractivity contribution < 1.29 is 14.7 Å². The summed E-state index contributed by atoms with van der Waals surface area (Å²) >= 11 is 0. The van der Waals surface area contributed by atoms with Crippen LogP contribution in [0.5, 0.6) is 0 Å². The van der Waals surface area contributed by atoms with Crippen LogP contribution in [0, 0.1) is 11.8 Å². The summed E-state index contributed by atoms with van der Waals surface area (Å²) in [6, 6.07) is -0.760. The Labute approximate surface area is 115 Å². The molecule has 0 aliphatic rings. The van der Waals surface area contributed by atoms with E-state index in [0.29, 0.717) is 31.2 Å². The molecule has 0 aromatic heterocycles. The molecular formula is C14H28N2O3. The molecule has 0 aliphatic heterocycles. The summed E-state index contributed by atoms with van der Waals surface area (Å²) in [4.78, 5) is 22.7. The first kappa shape index (κ1) is 17.9. The van der Waals surface area contributed by atoms with Gasteiger partial charge in [0.15, 0.2) is 0 Å². The largest absolute Gasteiger partial charge is 0.480 e. The Bertz CT molecular complexity index is 280. The van der Waals surface area contributed by atoms with E-state index in [2.05, 4.69) is 19.2 Å². The molecule has 0 saturated heterocycles. The van der Waals surface area contributed by atoms with Crippen LogP contribution >= 0.6 is 0 Å². The lowest BCUT2D eigenvalue weighted by molar-refractivity contribution is -0.142. The van der Waals surface area contributed by atoms with Crippen molar-refractivity contribution in [2.75, 3.05) is 6.54 Å². The van der Waals surface area contributed by atoms with Crippen LogP contribution < -0.4 is 11.1 Å². The molecule has 0 rings (SSSR count). The summed E-state index contributed by atoms with van der Waals surface area (Å²) in [6.45, 7) is 6.76. The van der Waals surface area contributed by atoms with Gasteiger partial charge in [-0.2, -0.15) is 0 Å². The second kappa shape index (κ2) is 9.78. The molecule has 0 aromatic carbocycles. The van der Waals surface area contributed by atoms with E-state index in [1.807, 2.05) is 6.92 Å². The van der Waals surface area contributed by atoms with Crippen LogP contribution in [-0.2, 0) is 9.59 Å². The normalized spacial score (nSPS) is 14.2. The minimum absolute atomic E-state index is 0.177. The summed E-state index contributed by atoms with van der Waals surface area (Å²) in [7, 11) is 0. The van der Waals surface area contributed by atoms with Crippen molar-refractivity contribution in [2.45, 2.75) is 58.9 Å². The van der Waals surface area contributed by atoms with Gasteiger partial charge in [0, 0.05) is 6.42 Å². The van der Waals surface area contributed by atoms with E-state index in [9.17, 15) is 9.59 Å². The minimum Gasteiger partial charge on any atom is -0.480 e. The van der Waals surface area contributed by atoms with Gasteiger partial charge < -0.3 is 16.2 Å². The van der Waals surface area contributed by atoms with Crippen molar-refractivity contribution in [1.82, 2.24) is 5.32 Å². The van der Waals surface area contributed by atoms with Crippen molar-refractivity contribution in [3.8, 4) is 0 Å². The second-order valence-electron chi connectivity index (χ2n) is 5.37. The summed E-state index contributed by atoms with van der Waals surface area (Å²) in [6.07, 6.45) is 3.24. The third-order valence-electron chi connectivity index (χ3n) is 3.43. The van der Waals surface area contributed by atoms with Gasteiger partial charge in [0.1, 0.15) is 6.04 Å². The monoisotopic (exact) mass is 272 g/mol. The van der Waals surface area contributed by atoms with Crippen molar-refractivity contribution in [2.24, 2.45) is 17.6 Å². The van der Waals surface area contributed by atoms with Crippen LogP contribution in [0.15, 0.2) is 0 Å². The first-order chi connectivity index (χ1) is 8.92. The first-order valence-corrected chi connectivity index (χ1v) is 7.14. The summed E-state index contributed by atoms with van der Waals surface area (Å²) < 4.78 is 0. The standard InChI is InChI=1S/C14H28N2O3/c1-4-5-12(14(18)19)16-13(17)7-6-11(8-9-15)10(2)3/h10-12H,4-9,15H2,1-3H3,(H,16,17)(H,18,19)/t11?,12-/m1/s1. The third-order valence-corrected chi connectivity index (χ3v) is 3.43. The number of carboxylic acids is 1. The van der Waals surface area contributed by atoms with Gasteiger partial charge in [-0.05, 0) is 37.6 Å². The molecule has 0 spiro atoms. The molecule has 0 radical (unpaired) electrons. The van der Waals surface area contributed by atoms with Gasteiger partial charge in [-0.15, -0.1) is 0 Å². The number of nitrogens with two attached hydrogens (primary N) is 1. The summed E-state index contributed by atoms with van der Waals surface area (Å²) in [5.74, 6) is -0.228. The Hall–Kier alpha value is -1.10. The Morgan fingerprint density at radius 3 is 2.26 bits per heavy atom. The second-order valence-corrected chi connectivity index (χ2v) is 5.37. The molecule has 19 heavy (non-hydrogen) atoms. The number of hydrogen-bond acceptors (Lipinski definition) is 3. The van der Waals surface area contributed by atoms with Gasteiger partial charge >= 0.3 is 5.97 Å². The first-order valence-electron chi connectivity index (χ1n) is 7.14. The number of hydrogen-bond donors (Lipinski definition) is 3. The van der Waals surface area contributed by atoms with Gasteiger partial charge in [0.25, 0.3) is 0 Å². The average molecular weight is 272 g/mol. The molecule has 2 atom stereocenters. The summed E-state index contributed by atoms with van der Waals surface area (Å²) in [5.41, 5.74) is 5.56. The maximum absolute atomic E-state index is 11.8. The van der Waals surface area contributed by atoms with Crippen molar-refractivity contribution in [1.29, 1.82) is 0 Å². The highest BCUT2D eigenvalue weighted by molar-refractivity contribution is 5.83. The highest BCUT2D eigenvalue weighted by Gasteiger charge is 2.20. The zero-order valence-corrected chi connectivity index (χ0v) is 12.3. The quantitative estimate of drug-likeness (QED) is 0.565. The van der Waals surface area contributed by atoms with E-state index >= 15 is 0 Å². The van der Waals surface area contributed by atoms with Gasteiger partial charge in [-0.3, -0.25) is 4.79 Å². The fraction of sp³-hybridized carbons (Fsp3) is 0.857. The van der Waals surface area contributed by atoms with E-state index in [0.717, 1.165) is 19.3 Å². The number of carboxylic acid groups (broad SMARTS) is 1. The lowest BCUT2D eigenvalue weighted by atomic mass is 9.88. The molecule has 112 valence electrons. The molecule has 0 aliphatic carbocycles. The van der Waals surface area contributed by atoms with E-state index in [1.54, 1.807) is 0 Å². The average Bonchev–Trinajstić information content (AvgIpc) is 2.33. The number of carbonyl (C=O) groups is 2. The lowest BCUT2D eigenvalue weighted by Crippen LogP contribution is -2.40. The van der Waals surface area contributed by atoms with Gasteiger partial charge in [-0.25, -0.2) is 4.79 Å². The predicted octanol–water partition coefficient (Wildman–Crippen LogP) is 1.76. The van der Waals surface area contributed by atoms with Crippen LogP contribution in [0.2, 0.25) is 0 Å². The van der Waals surface area contributed by atoms with Crippen molar-refractivity contribution >= 4 is 11.9 Å². The van der Waals surface area contributed by atoms with Gasteiger partial charge in [0.2, 0.25) is 5.91 Å². The van der Waals surface area contributed by atoms with Crippen molar-refractivity contribution in [3.05, 3.63) is 0 Å². The van der Waals surface area contributed by atoms with E-state index in [-0.39, 0.29) is 5.91 Å². The van der Waals surface area contributed by atoms with Crippen LogP contribution in [-0.4, -0.2) is 29.6 Å². The van der Waals surface area contributed by atoms with Crippen molar-refractivity contribution in [3.63, 3.8) is 0 Å². The fourth-order valence-electron chi connectivity index (χ4n) is 2.15. The topological polar surface area (TPSA) is 92.4 Å². The van der Waals surface area contributed by atoms with Gasteiger partial charge in [0.05, 0.1) is 0 Å². The maximum Gasteiger partial charge on any atom is 0.326 e. The molecule has 0 heterocycles. The molecule has 0 saturated carbocycles. The molecule has 0 aromatic rings.